The zero-order valence-electron chi connectivity index (χ0n) is 24.2. The lowest BCUT2D eigenvalue weighted by atomic mass is 9.71. The smallest absolute Gasteiger partial charge is 0.0646 e. The maximum atomic E-state index is 2.52. The highest BCUT2D eigenvalue weighted by atomic mass is 32.2. The van der Waals surface area contributed by atoms with Gasteiger partial charge in [-0.15, -0.1) is 34.4 Å². The summed E-state index contributed by atoms with van der Waals surface area (Å²) < 4.78 is 1.48. The fraction of sp³-hybridized carbons (Fsp3) is 0.297. The Kier molecular flexibility index (Phi) is 6.23. The molecule has 0 amide bonds. The van der Waals surface area contributed by atoms with E-state index in [4.69, 9.17) is 0 Å². The van der Waals surface area contributed by atoms with E-state index >= 15 is 0 Å². The summed E-state index contributed by atoms with van der Waals surface area (Å²) in [5.74, 6) is 1.77. The van der Waals surface area contributed by atoms with E-state index in [0.29, 0.717) is 11.8 Å². The first-order valence-electron chi connectivity index (χ1n) is 14.3. The second-order valence-corrected chi connectivity index (χ2v) is 16.7. The van der Waals surface area contributed by atoms with Crippen LogP contribution in [-0.4, -0.2) is 0 Å². The number of thioether (sulfide) groups is 1. The first-order chi connectivity index (χ1) is 19.1. The Bertz CT molecular complexity index is 1730. The van der Waals surface area contributed by atoms with Gasteiger partial charge in [-0.3, -0.25) is 0 Å². The lowest BCUT2D eigenvalue weighted by Crippen LogP contribution is -2.20. The minimum Gasteiger partial charge on any atom is -0.143 e. The van der Waals surface area contributed by atoms with Gasteiger partial charge in [0, 0.05) is 32.9 Å². The Labute approximate surface area is 251 Å². The summed E-state index contributed by atoms with van der Waals surface area (Å²) >= 11 is 5.90. The predicted molar refractivity (Wildman–Crippen MR) is 177 cm³/mol. The van der Waals surface area contributed by atoms with Crippen molar-refractivity contribution < 1.29 is 0 Å². The summed E-state index contributed by atoms with van der Waals surface area (Å²) in [4.78, 5) is 2.79. The van der Waals surface area contributed by atoms with Crippen molar-refractivity contribution in [3.63, 3.8) is 0 Å². The Morgan fingerprint density at radius 3 is 2.08 bits per heavy atom. The molecule has 0 fully saturated rings. The van der Waals surface area contributed by atoms with Crippen LogP contribution in [0.25, 0.3) is 32.0 Å². The van der Waals surface area contributed by atoms with Crippen LogP contribution in [0.3, 0.4) is 0 Å². The van der Waals surface area contributed by atoms with Crippen LogP contribution in [-0.2, 0) is 5.75 Å². The third kappa shape index (κ3) is 4.24. The Morgan fingerprint density at radius 1 is 0.625 bits per heavy atom. The molecule has 0 saturated heterocycles. The molecular weight excluding hydrogens is 541 g/mol. The molecular formula is C37H36S3. The van der Waals surface area contributed by atoms with Crippen molar-refractivity contribution in [1.29, 1.82) is 0 Å². The van der Waals surface area contributed by atoms with Crippen LogP contribution in [0.2, 0.25) is 0 Å². The molecule has 3 aromatic carbocycles. The predicted octanol–water partition coefficient (Wildman–Crippen LogP) is 12.1. The van der Waals surface area contributed by atoms with E-state index in [0.717, 1.165) is 5.75 Å². The van der Waals surface area contributed by atoms with E-state index in [9.17, 15) is 0 Å². The van der Waals surface area contributed by atoms with Crippen LogP contribution >= 0.6 is 34.4 Å². The number of fused-ring (bicyclic) bond motifs is 7. The second kappa shape index (κ2) is 9.48. The second-order valence-electron chi connectivity index (χ2n) is 13.5. The molecule has 202 valence electrons. The molecule has 0 saturated carbocycles. The molecule has 5 aromatic rings. The number of thiophene rings is 2. The summed E-state index contributed by atoms with van der Waals surface area (Å²) in [5.41, 5.74) is 13.2. The van der Waals surface area contributed by atoms with Gasteiger partial charge in [-0.05, 0) is 78.9 Å². The molecule has 0 nitrogen and oxygen atoms in total. The van der Waals surface area contributed by atoms with E-state index in [1.807, 2.05) is 34.4 Å². The van der Waals surface area contributed by atoms with E-state index in [-0.39, 0.29) is 10.8 Å². The van der Waals surface area contributed by atoms with Crippen molar-refractivity contribution in [2.24, 2.45) is 10.8 Å². The molecule has 40 heavy (non-hydrogen) atoms. The average molecular weight is 577 g/mol. The summed E-state index contributed by atoms with van der Waals surface area (Å²) in [5, 5.41) is 2.27. The molecule has 7 rings (SSSR count). The first kappa shape index (κ1) is 26.3. The van der Waals surface area contributed by atoms with Crippen LogP contribution in [0, 0.1) is 10.8 Å². The lowest BCUT2D eigenvalue weighted by molar-refractivity contribution is 0.356. The van der Waals surface area contributed by atoms with Crippen LogP contribution in [0.4, 0.5) is 0 Å². The van der Waals surface area contributed by atoms with E-state index in [1.54, 1.807) is 0 Å². The number of hydrogen-bond acceptors (Lipinski definition) is 3. The summed E-state index contributed by atoms with van der Waals surface area (Å²) in [6.45, 7) is 14.4. The number of benzene rings is 3. The highest BCUT2D eigenvalue weighted by molar-refractivity contribution is 8.00. The van der Waals surface area contributed by atoms with Gasteiger partial charge in [0.2, 0.25) is 0 Å². The van der Waals surface area contributed by atoms with Gasteiger partial charge >= 0.3 is 0 Å². The van der Waals surface area contributed by atoms with Crippen LogP contribution in [0.1, 0.15) is 81.2 Å². The molecule has 2 aliphatic rings. The van der Waals surface area contributed by atoms with Gasteiger partial charge in [-0.25, -0.2) is 0 Å². The van der Waals surface area contributed by atoms with E-state index in [1.165, 1.54) is 64.0 Å². The minimum atomic E-state index is 0.102. The van der Waals surface area contributed by atoms with Gasteiger partial charge in [0.1, 0.15) is 0 Å². The third-order valence-corrected chi connectivity index (χ3v) is 12.1. The van der Waals surface area contributed by atoms with Gasteiger partial charge in [-0.2, -0.15) is 0 Å². The Hall–Kier alpha value is -2.59. The Morgan fingerprint density at radius 2 is 1.30 bits per heavy atom. The Balaban J connectivity index is 1.41. The minimum absolute atomic E-state index is 0.102. The largest absolute Gasteiger partial charge is 0.143 e. The maximum Gasteiger partial charge on any atom is 0.0646 e. The van der Waals surface area contributed by atoms with Gasteiger partial charge in [0.05, 0.1) is 4.21 Å². The molecule has 3 heteroatoms. The highest BCUT2D eigenvalue weighted by Gasteiger charge is 2.37. The van der Waals surface area contributed by atoms with E-state index < -0.39 is 0 Å². The normalized spacial score (nSPS) is 18.1. The van der Waals surface area contributed by atoms with Crippen molar-refractivity contribution in [2.45, 2.75) is 63.3 Å². The monoisotopic (exact) mass is 576 g/mol. The van der Waals surface area contributed by atoms with Crippen LogP contribution in [0.5, 0.6) is 0 Å². The molecule has 3 heterocycles. The fourth-order valence-electron chi connectivity index (χ4n) is 7.02. The van der Waals surface area contributed by atoms with Crippen molar-refractivity contribution in [3.05, 3.63) is 112 Å². The van der Waals surface area contributed by atoms with Crippen molar-refractivity contribution in [2.75, 3.05) is 0 Å². The molecule has 0 N–H and O–H groups in total. The molecule has 2 unspecified atom stereocenters. The topological polar surface area (TPSA) is 0 Å². The quantitative estimate of drug-likeness (QED) is 0.191. The summed E-state index contributed by atoms with van der Waals surface area (Å²) in [6, 6.07) is 30.4. The highest BCUT2D eigenvalue weighted by Crippen LogP contribution is 2.56. The fourth-order valence-corrected chi connectivity index (χ4v) is 10.5. The summed E-state index contributed by atoms with van der Waals surface area (Å²) in [7, 11) is 0. The third-order valence-electron chi connectivity index (χ3n) is 8.61. The molecule has 1 aliphatic carbocycles. The number of hydrogen-bond donors (Lipinski definition) is 0. The first-order valence-corrected chi connectivity index (χ1v) is 17.0. The zero-order valence-corrected chi connectivity index (χ0v) is 26.6. The number of rotatable bonds is 1. The molecule has 1 aliphatic heterocycles. The maximum absolute atomic E-state index is 2.52. The summed E-state index contributed by atoms with van der Waals surface area (Å²) in [6.07, 6.45) is 0. The molecule has 0 bridgehead atoms. The molecule has 2 aromatic heterocycles. The standard InChI is InChI=1S/C37H36S3/c1-36(2,3)32-24-12-8-7-11-23(24)21-39-35-30(32)20-31(40-35)22-15-16-26-29(19-22)28-17-18-38-34(28)27-14-10-9-13-25(27)33(26)37(4,5)6/h7-20,32-33H,21H2,1-6H3. The lowest BCUT2D eigenvalue weighted by Gasteiger charge is -2.33. The van der Waals surface area contributed by atoms with Gasteiger partial charge in [0.15, 0.2) is 0 Å². The van der Waals surface area contributed by atoms with Crippen molar-refractivity contribution >= 4 is 34.4 Å². The van der Waals surface area contributed by atoms with Crippen LogP contribution < -0.4 is 0 Å². The van der Waals surface area contributed by atoms with Gasteiger partial charge in [0.25, 0.3) is 0 Å². The van der Waals surface area contributed by atoms with Crippen molar-refractivity contribution in [3.8, 4) is 32.0 Å². The molecule has 2 atom stereocenters. The van der Waals surface area contributed by atoms with E-state index in [2.05, 4.69) is 126 Å². The zero-order chi connectivity index (χ0) is 27.8. The molecule has 0 spiro atoms. The molecule has 0 radical (unpaired) electrons. The van der Waals surface area contributed by atoms with Crippen molar-refractivity contribution in [1.82, 2.24) is 0 Å². The van der Waals surface area contributed by atoms with Gasteiger partial charge < -0.3 is 0 Å². The average Bonchev–Trinajstić information content (AvgIpc) is 3.49. The van der Waals surface area contributed by atoms with Gasteiger partial charge in [-0.1, -0.05) is 102 Å². The SMILES string of the molecule is CC(C)(C)C1c2ccc(-c3cc4c(s3)SCc3ccccc3C4C(C)(C)C)cc2-c2ccsc2-c2ccccc21. The van der Waals surface area contributed by atoms with Crippen LogP contribution in [0.15, 0.2) is 88.5 Å².